The van der Waals surface area contributed by atoms with Crippen molar-refractivity contribution in [1.29, 1.82) is 0 Å². The molecule has 0 atom stereocenters. The van der Waals surface area contributed by atoms with E-state index < -0.39 is 0 Å². The third-order valence-electron chi connectivity index (χ3n) is 20.7. The number of hydrogen-bond donors (Lipinski definition) is 0. The first-order chi connectivity index (χ1) is 48.6. The lowest BCUT2D eigenvalue weighted by Gasteiger charge is -2.15. The number of hydrogen-bond acceptors (Lipinski definition) is 2. The average molecular weight is 1250 g/mol. The molecule has 5 heterocycles. The maximum Gasteiger partial charge on any atom is 0.160 e. The van der Waals surface area contributed by atoms with E-state index in [1.165, 1.54) is 98.2 Å². The van der Waals surface area contributed by atoms with Gasteiger partial charge in [0.15, 0.2) is 5.82 Å². The van der Waals surface area contributed by atoms with Crippen LogP contribution in [0.3, 0.4) is 0 Å². The normalized spacial score (nSPS) is 12.1. The van der Waals surface area contributed by atoms with Crippen molar-refractivity contribution in [3.05, 3.63) is 340 Å². The number of aromatic nitrogens is 6. The molecule has 20 aromatic rings. The summed E-state index contributed by atoms with van der Waals surface area (Å²) >= 11 is 0. The molecule has 454 valence electrons. The lowest BCUT2D eigenvalue weighted by Crippen LogP contribution is -1.99. The minimum Gasteiger partial charge on any atom is -0.309 e. The van der Waals surface area contributed by atoms with E-state index in [-0.39, 0.29) is 0 Å². The second kappa shape index (κ2) is 21.2. The summed E-state index contributed by atoms with van der Waals surface area (Å²) in [4.78, 5) is 11.3. The third-order valence-corrected chi connectivity index (χ3v) is 20.7. The molecule has 1 aliphatic rings. The maximum absolute atomic E-state index is 5.70. The molecule has 0 aliphatic heterocycles. The minimum atomic E-state index is 0.675. The van der Waals surface area contributed by atoms with Gasteiger partial charge in [-0.2, -0.15) is 0 Å². The SMILES string of the molecule is c1ccc(-c2ccc3c4c(cccc24)-c2nc(-c4ccc(-n5c6ccccc6c6ccc(-c7ccc8c(c7)c7ccccc7n8-c7ccccc7)cc65)cc4)nc(-c4ccc(-n5c6ccccc6c6ccc(-c7ccc8c(c7)c7ccccc7n8-c7ccccc7)cc65)cc4)c2-3)cc1. The molecule has 21 rings (SSSR count). The van der Waals surface area contributed by atoms with Gasteiger partial charge in [-0.1, -0.05) is 218 Å². The van der Waals surface area contributed by atoms with Crippen molar-refractivity contribution in [3.8, 4) is 101 Å². The fourth-order valence-corrected chi connectivity index (χ4v) is 16.3. The average Bonchev–Trinajstić information content (AvgIpc) is 1.57. The first-order valence-corrected chi connectivity index (χ1v) is 33.6. The zero-order chi connectivity index (χ0) is 64.1. The van der Waals surface area contributed by atoms with Crippen molar-refractivity contribution in [1.82, 2.24) is 28.2 Å². The summed E-state index contributed by atoms with van der Waals surface area (Å²) in [5.74, 6) is 0.675. The Morgan fingerprint density at radius 3 is 1.05 bits per heavy atom. The van der Waals surface area contributed by atoms with Crippen LogP contribution in [0.25, 0.3) is 199 Å². The van der Waals surface area contributed by atoms with Crippen molar-refractivity contribution in [3.63, 3.8) is 0 Å². The molecule has 0 radical (unpaired) electrons. The van der Waals surface area contributed by atoms with E-state index in [1.807, 2.05) is 0 Å². The second-order valence-electron chi connectivity index (χ2n) is 26.0. The quantitative estimate of drug-likeness (QED) is 0.145. The van der Waals surface area contributed by atoms with Crippen LogP contribution in [0.2, 0.25) is 0 Å². The Bertz CT molecular complexity index is 6690. The van der Waals surface area contributed by atoms with E-state index in [0.29, 0.717) is 5.82 Å². The molecular weight excluding hydrogens is 1190 g/mol. The largest absolute Gasteiger partial charge is 0.309 e. The molecule has 0 amide bonds. The van der Waals surface area contributed by atoms with Crippen LogP contribution in [0.15, 0.2) is 340 Å². The minimum absolute atomic E-state index is 0.675. The van der Waals surface area contributed by atoms with Gasteiger partial charge in [-0.3, -0.25) is 0 Å². The first-order valence-electron chi connectivity index (χ1n) is 33.6. The van der Waals surface area contributed by atoms with Crippen molar-refractivity contribution in [2.75, 3.05) is 0 Å². The van der Waals surface area contributed by atoms with Crippen LogP contribution in [0, 0.1) is 0 Å². The molecule has 5 aromatic heterocycles. The lowest BCUT2D eigenvalue weighted by atomic mass is 9.93. The highest BCUT2D eigenvalue weighted by Crippen LogP contribution is 2.53. The van der Waals surface area contributed by atoms with Crippen molar-refractivity contribution in [2.45, 2.75) is 0 Å². The predicted octanol–water partition coefficient (Wildman–Crippen LogP) is 24.0. The number of fused-ring (bicyclic) bond motifs is 15. The molecule has 0 unspecified atom stereocenters. The summed E-state index contributed by atoms with van der Waals surface area (Å²) in [5.41, 5.74) is 28.0. The van der Waals surface area contributed by atoms with Crippen LogP contribution >= 0.6 is 0 Å². The van der Waals surface area contributed by atoms with Gasteiger partial charge in [0, 0.05) is 88.1 Å². The fourth-order valence-electron chi connectivity index (χ4n) is 16.3. The zero-order valence-corrected chi connectivity index (χ0v) is 53.0. The van der Waals surface area contributed by atoms with E-state index in [2.05, 4.69) is 358 Å². The van der Waals surface area contributed by atoms with Gasteiger partial charge in [-0.25, -0.2) is 9.97 Å². The number of para-hydroxylation sites is 6. The molecule has 0 saturated carbocycles. The highest BCUT2D eigenvalue weighted by Gasteiger charge is 2.30. The zero-order valence-electron chi connectivity index (χ0n) is 53.0. The van der Waals surface area contributed by atoms with Crippen molar-refractivity contribution >= 4 is 98.0 Å². The Hall–Kier alpha value is -13.2. The molecule has 0 saturated heterocycles. The number of rotatable bonds is 9. The van der Waals surface area contributed by atoms with Crippen molar-refractivity contribution < 1.29 is 0 Å². The molecule has 0 spiro atoms. The number of benzene rings is 15. The molecule has 1 aliphatic carbocycles. The summed E-state index contributed by atoms with van der Waals surface area (Å²) in [7, 11) is 0. The monoisotopic (exact) mass is 1240 g/mol. The van der Waals surface area contributed by atoms with E-state index in [0.717, 1.165) is 95.1 Å². The highest BCUT2D eigenvalue weighted by atomic mass is 15.0. The second-order valence-corrected chi connectivity index (χ2v) is 26.0. The topological polar surface area (TPSA) is 45.5 Å². The van der Waals surface area contributed by atoms with E-state index in [1.54, 1.807) is 0 Å². The van der Waals surface area contributed by atoms with Gasteiger partial charge in [0.05, 0.1) is 55.5 Å². The summed E-state index contributed by atoms with van der Waals surface area (Å²) in [6.07, 6.45) is 0. The van der Waals surface area contributed by atoms with Crippen LogP contribution < -0.4 is 0 Å². The number of nitrogens with zero attached hydrogens (tertiary/aromatic N) is 6. The fraction of sp³-hybridized carbons (Fsp3) is 0. The van der Waals surface area contributed by atoms with Gasteiger partial charge in [-0.05, 0) is 171 Å². The molecule has 0 bridgehead atoms. The van der Waals surface area contributed by atoms with Gasteiger partial charge in [-0.15, -0.1) is 0 Å². The highest BCUT2D eigenvalue weighted by molar-refractivity contribution is 6.21. The van der Waals surface area contributed by atoms with E-state index >= 15 is 0 Å². The Kier molecular flexibility index (Phi) is 11.7. The third kappa shape index (κ3) is 8.09. The van der Waals surface area contributed by atoms with Crippen LogP contribution in [-0.2, 0) is 0 Å². The van der Waals surface area contributed by atoms with E-state index in [4.69, 9.17) is 9.97 Å². The molecular formula is C92H56N6. The summed E-state index contributed by atoms with van der Waals surface area (Å²) < 4.78 is 9.61. The molecule has 98 heavy (non-hydrogen) atoms. The van der Waals surface area contributed by atoms with Gasteiger partial charge in [0.25, 0.3) is 0 Å². The van der Waals surface area contributed by atoms with Crippen LogP contribution in [-0.4, -0.2) is 28.2 Å². The molecule has 0 N–H and O–H groups in total. The molecule has 15 aromatic carbocycles. The smallest absolute Gasteiger partial charge is 0.160 e. The standard InChI is InChI=1S/C92H56N6/c1-4-19-57(20-5-1)68-49-50-76-88-75(68)29-18-30-77(88)91-89(76)90(58-35-43-66(44-36-58)97-80-31-14-10-25-69(80)73-47-39-62(55-86(73)97)60-41-51-84-78(53-60)71-27-12-16-33-82(71)95(84)64-21-6-2-7-22-64)93-92(94-91)59-37-45-67(46-38-59)98-81-32-15-11-26-70(81)74-48-40-63(56-87(74)98)61-42-52-85-79(54-61)72-28-13-17-34-83(72)96(85)65-23-8-3-9-24-65/h1-56H. The van der Waals surface area contributed by atoms with Gasteiger partial charge in [0.2, 0.25) is 0 Å². The van der Waals surface area contributed by atoms with Crippen LogP contribution in [0.5, 0.6) is 0 Å². The van der Waals surface area contributed by atoms with Gasteiger partial charge in [0.1, 0.15) is 0 Å². The maximum atomic E-state index is 5.70. The summed E-state index contributed by atoms with van der Waals surface area (Å²) in [5, 5.41) is 12.2. The molecule has 0 fully saturated rings. The van der Waals surface area contributed by atoms with Crippen LogP contribution in [0.4, 0.5) is 0 Å². The lowest BCUT2D eigenvalue weighted by molar-refractivity contribution is 1.16. The van der Waals surface area contributed by atoms with Crippen LogP contribution in [0.1, 0.15) is 0 Å². The Balaban J connectivity index is 0.689. The Morgan fingerprint density at radius 1 is 0.184 bits per heavy atom. The van der Waals surface area contributed by atoms with Crippen molar-refractivity contribution in [2.24, 2.45) is 0 Å². The first kappa shape index (κ1) is 54.3. The van der Waals surface area contributed by atoms with E-state index in [9.17, 15) is 0 Å². The van der Waals surface area contributed by atoms with Gasteiger partial charge < -0.3 is 18.3 Å². The summed E-state index contributed by atoms with van der Waals surface area (Å²) in [6, 6.07) is 124. The Labute approximate surface area is 563 Å². The predicted molar refractivity (Wildman–Crippen MR) is 409 cm³/mol. The van der Waals surface area contributed by atoms with Gasteiger partial charge >= 0.3 is 0 Å². The Morgan fingerprint density at radius 2 is 0.541 bits per heavy atom. The summed E-state index contributed by atoms with van der Waals surface area (Å²) in [6.45, 7) is 0. The molecule has 6 nitrogen and oxygen atoms in total. The molecule has 6 heteroatoms.